The molecule has 1 amide bonds. The summed E-state index contributed by atoms with van der Waals surface area (Å²) in [6, 6.07) is 7.56. The number of fused-ring (bicyclic) bond motifs is 1. The number of thiophene rings is 1. The molecule has 2 aromatic heterocycles. The van der Waals surface area contributed by atoms with E-state index in [0.29, 0.717) is 14.3 Å². The molecule has 3 rings (SSSR count). The molecule has 0 spiro atoms. The van der Waals surface area contributed by atoms with Gasteiger partial charge in [0.25, 0.3) is 5.91 Å². The molecule has 2 heterocycles. The van der Waals surface area contributed by atoms with Crippen LogP contribution in [0.5, 0.6) is 0 Å². The largest absolute Gasteiger partial charge is 0.297 e. The fourth-order valence-corrected chi connectivity index (χ4v) is 3.71. The van der Waals surface area contributed by atoms with Crippen LogP contribution in [0.1, 0.15) is 20.8 Å². The fraction of sp³-hybridized carbons (Fsp3) is 0.143. The average molecular weight is 323 g/mol. The fourth-order valence-electron chi connectivity index (χ4n) is 1.83. The first-order valence-corrected chi connectivity index (χ1v) is 7.98. The average Bonchev–Trinajstić information content (AvgIpc) is 2.96. The smallest absolute Gasteiger partial charge is 0.267 e. The van der Waals surface area contributed by atoms with E-state index in [9.17, 15) is 4.79 Å². The molecule has 20 heavy (non-hydrogen) atoms. The van der Waals surface area contributed by atoms with Crippen LogP contribution in [0.25, 0.3) is 10.2 Å². The highest BCUT2D eigenvalue weighted by atomic mass is 35.5. The molecule has 0 fully saturated rings. The van der Waals surface area contributed by atoms with Crippen molar-refractivity contribution < 1.29 is 4.79 Å². The number of halogens is 1. The Balaban J connectivity index is 1.89. The third kappa shape index (κ3) is 2.57. The lowest BCUT2D eigenvalue weighted by molar-refractivity contribution is 0.103. The predicted molar refractivity (Wildman–Crippen MR) is 86.4 cm³/mol. The Morgan fingerprint density at radius 3 is 2.65 bits per heavy atom. The van der Waals surface area contributed by atoms with E-state index < -0.39 is 0 Å². The number of rotatable bonds is 2. The molecule has 0 saturated carbocycles. The number of anilines is 1. The summed E-state index contributed by atoms with van der Waals surface area (Å²) in [6.45, 7) is 4.13. The van der Waals surface area contributed by atoms with Crippen LogP contribution in [-0.4, -0.2) is 10.9 Å². The van der Waals surface area contributed by atoms with Crippen molar-refractivity contribution in [3.05, 3.63) is 44.6 Å². The van der Waals surface area contributed by atoms with Crippen molar-refractivity contribution in [2.45, 2.75) is 13.8 Å². The summed E-state index contributed by atoms with van der Waals surface area (Å²) in [5.74, 6) is -0.172. The van der Waals surface area contributed by atoms with Crippen LogP contribution in [0.3, 0.4) is 0 Å². The highest BCUT2D eigenvalue weighted by molar-refractivity contribution is 7.22. The first-order chi connectivity index (χ1) is 9.52. The minimum absolute atomic E-state index is 0.172. The summed E-state index contributed by atoms with van der Waals surface area (Å²) < 4.78 is 1.68. The second kappa shape index (κ2) is 5.16. The van der Waals surface area contributed by atoms with Gasteiger partial charge in [0.2, 0.25) is 0 Å². The van der Waals surface area contributed by atoms with Crippen LogP contribution in [0.4, 0.5) is 5.13 Å². The third-order valence-corrected chi connectivity index (χ3v) is 5.18. The van der Waals surface area contributed by atoms with E-state index in [4.69, 9.17) is 11.6 Å². The molecule has 3 aromatic rings. The SMILES string of the molecule is Cc1cc2nc(NC(=O)c3ccc(Cl)s3)sc2cc1C. The molecule has 0 saturated heterocycles. The first kappa shape index (κ1) is 13.5. The third-order valence-electron chi connectivity index (χ3n) is 3.02. The Bertz CT molecular complexity index is 768. The number of amides is 1. The van der Waals surface area contributed by atoms with Gasteiger partial charge in [0.1, 0.15) is 0 Å². The van der Waals surface area contributed by atoms with Crippen molar-refractivity contribution in [2.75, 3.05) is 5.32 Å². The number of aryl methyl sites for hydroxylation is 2. The Labute approximate surface area is 129 Å². The number of benzene rings is 1. The van der Waals surface area contributed by atoms with E-state index in [-0.39, 0.29) is 5.91 Å². The van der Waals surface area contributed by atoms with E-state index >= 15 is 0 Å². The Hall–Kier alpha value is -1.43. The molecule has 3 nitrogen and oxygen atoms in total. The maximum Gasteiger partial charge on any atom is 0.267 e. The molecule has 0 aliphatic rings. The van der Waals surface area contributed by atoms with Crippen molar-refractivity contribution in [3.8, 4) is 0 Å². The van der Waals surface area contributed by atoms with Gasteiger partial charge in [-0.1, -0.05) is 22.9 Å². The van der Waals surface area contributed by atoms with Gasteiger partial charge in [-0.05, 0) is 49.2 Å². The molecule has 6 heteroatoms. The monoisotopic (exact) mass is 322 g/mol. The van der Waals surface area contributed by atoms with Crippen molar-refractivity contribution >= 4 is 55.5 Å². The maximum atomic E-state index is 12.0. The van der Waals surface area contributed by atoms with Gasteiger partial charge in [-0.2, -0.15) is 0 Å². The second-order valence-electron chi connectivity index (χ2n) is 4.48. The van der Waals surface area contributed by atoms with E-state index in [1.54, 1.807) is 12.1 Å². The van der Waals surface area contributed by atoms with Gasteiger partial charge in [0, 0.05) is 0 Å². The molecule has 1 N–H and O–H groups in total. The number of carbonyl (C=O) groups excluding carboxylic acids is 1. The Morgan fingerprint density at radius 1 is 1.20 bits per heavy atom. The number of aromatic nitrogens is 1. The summed E-state index contributed by atoms with van der Waals surface area (Å²) in [7, 11) is 0. The number of hydrogen-bond acceptors (Lipinski definition) is 4. The van der Waals surface area contributed by atoms with Crippen molar-refractivity contribution in [3.63, 3.8) is 0 Å². The molecule has 102 valence electrons. The van der Waals surface area contributed by atoms with Crippen LogP contribution in [-0.2, 0) is 0 Å². The molecule has 0 aliphatic carbocycles. The molecule has 1 aromatic carbocycles. The zero-order valence-corrected chi connectivity index (χ0v) is 13.2. The standard InChI is InChI=1S/C14H11ClN2OS2/c1-7-5-9-11(6-8(7)2)20-14(16-9)17-13(18)10-3-4-12(15)19-10/h3-6H,1-2H3,(H,16,17,18). The van der Waals surface area contributed by atoms with Gasteiger partial charge < -0.3 is 0 Å². The van der Waals surface area contributed by atoms with Gasteiger partial charge in [-0.15, -0.1) is 11.3 Å². The number of thiazole rings is 1. The molecule has 0 radical (unpaired) electrons. The molecule has 0 aliphatic heterocycles. The number of nitrogens with one attached hydrogen (secondary N) is 1. The minimum atomic E-state index is -0.172. The Kier molecular flexibility index (Phi) is 3.50. The van der Waals surface area contributed by atoms with Crippen LogP contribution in [0, 0.1) is 13.8 Å². The lowest BCUT2D eigenvalue weighted by Gasteiger charge is -1.97. The quantitative estimate of drug-likeness (QED) is 0.730. The van der Waals surface area contributed by atoms with Gasteiger partial charge >= 0.3 is 0 Å². The van der Waals surface area contributed by atoms with Gasteiger partial charge in [-0.3, -0.25) is 10.1 Å². The van der Waals surface area contributed by atoms with E-state index in [1.807, 2.05) is 6.07 Å². The van der Waals surface area contributed by atoms with Crippen LogP contribution in [0.2, 0.25) is 4.34 Å². The molecule has 0 atom stereocenters. The summed E-state index contributed by atoms with van der Waals surface area (Å²) >= 11 is 8.57. The van der Waals surface area contributed by atoms with Crippen LogP contribution < -0.4 is 5.32 Å². The lowest BCUT2D eigenvalue weighted by Crippen LogP contribution is -2.09. The number of carbonyl (C=O) groups is 1. The Morgan fingerprint density at radius 2 is 1.95 bits per heavy atom. The first-order valence-electron chi connectivity index (χ1n) is 5.97. The van der Waals surface area contributed by atoms with Crippen LogP contribution in [0.15, 0.2) is 24.3 Å². The van der Waals surface area contributed by atoms with E-state index in [0.717, 1.165) is 10.2 Å². The minimum Gasteiger partial charge on any atom is -0.297 e. The predicted octanol–water partition coefficient (Wildman–Crippen LogP) is 4.88. The zero-order valence-electron chi connectivity index (χ0n) is 10.9. The summed E-state index contributed by atoms with van der Waals surface area (Å²) in [5, 5.41) is 3.43. The highest BCUT2D eigenvalue weighted by Gasteiger charge is 2.12. The van der Waals surface area contributed by atoms with Crippen molar-refractivity contribution in [2.24, 2.45) is 0 Å². The highest BCUT2D eigenvalue weighted by Crippen LogP contribution is 2.29. The second-order valence-corrected chi connectivity index (χ2v) is 7.23. The van der Waals surface area contributed by atoms with Gasteiger partial charge in [0.15, 0.2) is 5.13 Å². The van der Waals surface area contributed by atoms with Crippen molar-refractivity contribution in [1.82, 2.24) is 4.98 Å². The molecule has 0 unspecified atom stereocenters. The summed E-state index contributed by atoms with van der Waals surface area (Å²) in [6.07, 6.45) is 0. The zero-order chi connectivity index (χ0) is 14.3. The molecular formula is C14H11ClN2OS2. The topological polar surface area (TPSA) is 42.0 Å². The summed E-state index contributed by atoms with van der Waals surface area (Å²) in [5.41, 5.74) is 3.34. The maximum absolute atomic E-state index is 12.0. The molecule has 0 bridgehead atoms. The number of nitrogens with zero attached hydrogens (tertiary/aromatic N) is 1. The lowest BCUT2D eigenvalue weighted by atomic mass is 10.1. The van der Waals surface area contributed by atoms with E-state index in [2.05, 4.69) is 30.2 Å². The van der Waals surface area contributed by atoms with E-state index in [1.165, 1.54) is 33.8 Å². The summed E-state index contributed by atoms with van der Waals surface area (Å²) in [4.78, 5) is 17.1. The normalized spacial score (nSPS) is 10.9. The van der Waals surface area contributed by atoms with Gasteiger partial charge in [0.05, 0.1) is 19.4 Å². The molecular weight excluding hydrogens is 312 g/mol. The van der Waals surface area contributed by atoms with Crippen LogP contribution >= 0.6 is 34.3 Å². The number of hydrogen-bond donors (Lipinski definition) is 1. The van der Waals surface area contributed by atoms with Crippen molar-refractivity contribution in [1.29, 1.82) is 0 Å². The van der Waals surface area contributed by atoms with Gasteiger partial charge in [-0.25, -0.2) is 4.98 Å².